The van der Waals surface area contributed by atoms with Gasteiger partial charge >= 0.3 is 0 Å². The first-order chi connectivity index (χ1) is 11.2. The molecule has 2 aromatic rings. The van der Waals surface area contributed by atoms with Crippen LogP contribution in [-0.2, 0) is 10.0 Å². The molecule has 7 heteroatoms. The second kappa shape index (κ2) is 7.34. The van der Waals surface area contributed by atoms with E-state index in [1.165, 1.54) is 35.6 Å². The quantitative estimate of drug-likeness (QED) is 0.878. The van der Waals surface area contributed by atoms with Crippen molar-refractivity contribution in [3.05, 3.63) is 59.1 Å². The molecule has 0 saturated carbocycles. The van der Waals surface area contributed by atoms with Gasteiger partial charge in [0.05, 0.1) is 15.6 Å². The lowest BCUT2D eigenvalue weighted by Gasteiger charge is -2.21. The normalized spacial score (nSPS) is 11.8. The lowest BCUT2D eigenvalue weighted by atomic mass is 10.2. The average Bonchev–Trinajstić information content (AvgIpc) is 2.56. The van der Waals surface area contributed by atoms with Crippen LogP contribution in [0.1, 0.15) is 24.2 Å². The highest BCUT2D eigenvalue weighted by atomic mass is 35.5. The van der Waals surface area contributed by atoms with Gasteiger partial charge in [-0.3, -0.25) is 4.79 Å². The predicted molar refractivity (Wildman–Crippen MR) is 95.9 cm³/mol. The van der Waals surface area contributed by atoms with Crippen molar-refractivity contribution in [3.63, 3.8) is 0 Å². The molecule has 0 radical (unpaired) electrons. The van der Waals surface area contributed by atoms with Crippen LogP contribution in [0.5, 0.6) is 0 Å². The van der Waals surface area contributed by atoms with Crippen molar-refractivity contribution in [3.8, 4) is 0 Å². The van der Waals surface area contributed by atoms with Crippen molar-refractivity contribution in [2.45, 2.75) is 24.8 Å². The number of carbonyl (C=O) groups is 1. The molecule has 2 rings (SSSR count). The maximum atomic E-state index is 12.4. The number of para-hydroxylation sites is 1. The van der Waals surface area contributed by atoms with Crippen LogP contribution < -0.4 is 5.32 Å². The molecule has 0 unspecified atom stereocenters. The lowest BCUT2D eigenvalue weighted by Crippen LogP contribution is -2.33. The second-order valence-corrected chi connectivity index (χ2v) is 7.98. The van der Waals surface area contributed by atoms with Crippen LogP contribution >= 0.6 is 11.6 Å². The smallest absolute Gasteiger partial charge is 0.255 e. The summed E-state index contributed by atoms with van der Waals surface area (Å²) in [5, 5.41) is 3.13. The van der Waals surface area contributed by atoms with E-state index in [0.717, 1.165) is 0 Å². The van der Waals surface area contributed by atoms with Gasteiger partial charge in [0.2, 0.25) is 10.0 Å². The van der Waals surface area contributed by atoms with Crippen molar-refractivity contribution in [1.82, 2.24) is 4.31 Å². The first kappa shape index (κ1) is 18.4. The number of hydrogen-bond donors (Lipinski definition) is 1. The number of sulfonamides is 1. The summed E-state index contributed by atoms with van der Waals surface area (Å²) in [5.41, 5.74) is 0.849. The number of amides is 1. The van der Waals surface area contributed by atoms with Crippen LogP contribution in [0.25, 0.3) is 0 Å². The van der Waals surface area contributed by atoms with Gasteiger partial charge in [0.15, 0.2) is 0 Å². The van der Waals surface area contributed by atoms with Gasteiger partial charge < -0.3 is 5.32 Å². The third kappa shape index (κ3) is 3.95. The van der Waals surface area contributed by atoms with E-state index in [0.29, 0.717) is 16.3 Å². The topological polar surface area (TPSA) is 66.5 Å². The molecular weight excluding hydrogens is 348 g/mol. The van der Waals surface area contributed by atoms with Crippen molar-refractivity contribution < 1.29 is 13.2 Å². The molecule has 0 heterocycles. The number of anilines is 1. The Labute approximate surface area is 147 Å². The SMILES string of the molecule is CC(C)N(C)S(=O)(=O)c1ccc(C(=O)Nc2ccccc2Cl)cc1. The van der Waals surface area contributed by atoms with Gasteiger partial charge in [-0.1, -0.05) is 23.7 Å². The van der Waals surface area contributed by atoms with Gasteiger partial charge in [-0.25, -0.2) is 8.42 Å². The Morgan fingerprint density at radius 3 is 2.21 bits per heavy atom. The highest BCUT2D eigenvalue weighted by molar-refractivity contribution is 7.89. The minimum atomic E-state index is -3.57. The highest BCUT2D eigenvalue weighted by Gasteiger charge is 2.23. The molecule has 5 nitrogen and oxygen atoms in total. The van der Waals surface area contributed by atoms with Crippen LogP contribution in [0.4, 0.5) is 5.69 Å². The van der Waals surface area contributed by atoms with Crippen molar-refractivity contribution in [2.75, 3.05) is 12.4 Å². The maximum absolute atomic E-state index is 12.4. The number of hydrogen-bond acceptors (Lipinski definition) is 3. The molecular formula is C17H19ClN2O3S. The molecule has 0 spiro atoms. The van der Waals surface area contributed by atoms with Crippen molar-refractivity contribution >= 4 is 33.2 Å². The Kier molecular flexibility index (Phi) is 5.64. The number of carbonyl (C=O) groups excluding carboxylic acids is 1. The van der Waals surface area contributed by atoms with E-state index in [-0.39, 0.29) is 16.8 Å². The Hall–Kier alpha value is -1.89. The summed E-state index contributed by atoms with van der Waals surface area (Å²) in [6.45, 7) is 3.59. The van der Waals surface area contributed by atoms with Crippen molar-refractivity contribution in [2.24, 2.45) is 0 Å². The number of benzene rings is 2. The first-order valence-corrected chi connectivity index (χ1v) is 9.19. The predicted octanol–water partition coefficient (Wildman–Crippen LogP) is 3.62. The van der Waals surface area contributed by atoms with Gasteiger partial charge in [-0.05, 0) is 50.2 Å². The fourth-order valence-electron chi connectivity index (χ4n) is 1.98. The number of halogens is 1. The molecule has 0 bridgehead atoms. The summed E-state index contributed by atoms with van der Waals surface area (Å²) in [6, 6.07) is 12.6. The lowest BCUT2D eigenvalue weighted by molar-refractivity contribution is 0.102. The molecule has 0 saturated heterocycles. The zero-order valence-electron chi connectivity index (χ0n) is 13.7. The first-order valence-electron chi connectivity index (χ1n) is 7.37. The molecule has 0 aliphatic carbocycles. The molecule has 2 aromatic carbocycles. The summed E-state index contributed by atoms with van der Waals surface area (Å²) in [7, 11) is -2.04. The van der Waals surface area contributed by atoms with E-state index < -0.39 is 10.0 Å². The Morgan fingerprint density at radius 1 is 1.08 bits per heavy atom. The zero-order chi connectivity index (χ0) is 17.9. The highest BCUT2D eigenvalue weighted by Crippen LogP contribution is 2.22. The summed E-state index contributed by atoms with van der Waals surface area (Å²) < 4.78 is 26.1. The van der Waals surface area contributed by atoms with Crippen LogP contribution in [0.15, 0.2) is 53.4 Å². The molecule has 0 fully saturated rings. The summed E-state index contributed by atoms with van der Waals surface area (Å²) in [5.74, 6) is -0.357. The largest absolute Gasteiger partial charge is 0.321 e. The number of rotatable bonds is 5. The molecule has 1 amide bonds. The average molecular weight is 367 g/mol. The van der Waals surface area contributed by atoms with E-state index in [1.807, 2.05) is 0 Å². The fourth-order valence-corrected chi connectivity index (χ4v) is 3.53. The van der Waals surface area contributed by atoms with Gasteiger partial charge in [-0.2, -0.15) is 4.31 Å². The van der Waals surface area contributed by atoms with Gasteiger partial charge in [0, 0.05) is 18.7 Å². The zero-order valence-corrected chi connectivity index (χ0v) is 15.2. The molecule has 0 aromatic heterocycles. The van der Waals surface area contributed by atoms with Gasteiger partial charge in [0.25, 0.3) is 5.91 Å². The minimum absolute atomic E-state index is 0.146. The molecule has 128 valence electrons. The van der Waals surface area contributed by atoms with Crippen LogP contribution in [-0.4, -0.2) is 31.7 Å². The third-order valence-electron chi connectivity index (χ3n) is 3.64. The Bertz CT molecular complexity index is 833. The Morgan fingerprint density at radius 2 is 1.67 bits per heavy atom. The van der Waals surface area contributed by atoms with Crippen LogP contribution in [0.2, 0.25) is 5.02 Å². The molecule has 0 aliphatic rings. The number of nitrogens with zero attached hydrogens (tertiary/aromatic N) is 1. The fraction of sp³-hybridized carbons (Fsp3) is 0.235. The van der Waals surface area contributed by atoms with Crippen molar-refractivity contribution in [1.29, 1.82) is 0 Å². The van der Waals surface area contributed by atoms with E-state index in [2.05, 4.69) is 5.32 Å². The molecule has 1 N–H and O–H groups in total. The van der Waals surface area contributed by atoms with Crippen LogP contribution in [0.3, 0.4) is 0 Å². The van der Waals surface area contributed by atoms with E-state index in [4.69, 9.17) is 11.6 Å². The standard InChI is InChI=1S/C17H19ClN2O3S/c1-12(2)20(3)24(22,23)14-10-8-13(9-11-14)17(21)19-16-7-5-4-6-15(16)18/h4-12H,1-3H3,(H,19,21). The van der Waals surface area contributed by atoms with Gasteiger partial charge in [0.1, 0.15) is 0 Å². The monoisotopic (exact) mass is 366 g/mol. The van der Waals surface area contributed by atoms with Crippen LogP contribution in [0, 0.1) is 0 Å². The van der Waals surface area contributed by atoms with Gasteiger partial charge in [-0.15, -0.1) is 0 Å². The van der Waals surface area contributed by atoms with E-state index >= 15 is 0 Å². The second-order valence-electron chi connectivity index (χ2n) is 5.57. The van der Waals surface area contributed by atoms with E-state index in [1.54, 1.807) is 38.1 Å². The molecule has 0 aliphatic heterocycles. The molecule has 24 heavy (non-hydrogen) atoms. The minimum Gasteiger partial charge on any atom is -0.321 e. The maximum Gasteiger partial charge on any atom is 0.255 e. The summed E-state index contributed by atoms with van der Waals surface area (Å²) in [4.78, 5) is 12.4. The molecule has 0 atom stereocenters. The Balaban J connectivity index is 2.20. The summed E-state index contributed by atoms with van der Waals surface area (Å²) in [6.07, 6.45) is 0. The van der Waals surface area contributed by atoms with E-state index in [9.17, 15) is 13.2 Å². The summed E-state index contributed by atoms with van der Waals surface area (Å²) >= 11 is 6.01. The number of nitrogens with one attached hydrogen (secondary N) is 1. The third-order valence-corrected chi connectivity index (χ3v) is 6.02.